The molecule has 0 spiro atoms. The van der Waals surface area contributed by atoms with Crippen molar-refractivity contribution in [3.63, 3.8) is 0 Å². The van der Waals surface area contributed by atoms with Gasteiger partial charge in [0.25, 0.3) is 5.91 Å². The van der Waals surface area contributed by atoms with E-state index in [2.05, 4.69) is 21.2 Å². The van der Waals surface area contributed by atoms with Crippen LogP contribution in [0.4, 0.5) is 5.69 Å². The summed E-state index contributed by atoms with van der Waals surface area (Å²) >= 11 is 3.36. The summed E-state index contributed by atoms with van der Waals surface area (Å²) in [5.41, 5.74) is 2.29. The molecule has 5 heteroatoms. The Morgan fingerprint density at radius 3 is 2.73 bits per heavy atom. The van der Waals surface area contributed by atoms with Crippen LogP contribution in [-0.4, -0.2) is 26.2 Å². The van der Waals surface area contributed by atoms with Gasteiger partial charge in [0, 0.05) is 17.1 Å². The average Bonchev–Trinajstić information content (AvgIpc) is 2.50. The molecule has 0 aliphatic heterocycles. The summed E-state index contributed by atoms with van der Waals surface area (Å²) < 4.78 is 11.5. The topological polar surface area (TPSA) is 47.6 Å². The van der Waals surface area contributed by atoms with E-state index in [0.29, 0.717) is 30.2 Å². The number of amides is 1. The first kappa shape index (κ1) is 16.5. The number of hydrogen-bond donors (Lipinski definition) is 1. The van der Waals surface area contributed by atoms with Crippen molar-refractivity contribution in [3.05, 3.63) is 58.1 Å². The number of nitrogens with one attached hydrogen (secondary N) is 1. The van der Waals surface area contributed by atoms with Crippen LogP contribution in [0, 0.1) is 6.92 Å². The normalized spacial score (nSPS) is 10.3. The van der Waals surface area contributed by atoms with Gasteiger partial charge in [0.1, 0.15) is 12.4 Å². The van der Waals surface area contributed by atoms with Gasteiger partial charge in [-0.1, -0.05) is 28.1 Å². The number of carbonyl (C=O) groups is 1. The molecule has 0 unspecified atom stereocenters. The largest absolute Gasteiger partial charge is 0.489 e. The molecule has 0 bridgehead atoms. The van der Waals surface area contributed by atoms with Crippen LogP contribution in [-0.2, 0) is 4.74 Å². The zero-order valence-corrected chi connectivity index (χ0v) is 14.1. The van der Waals surface area contributed by atoms with Crippen molar-refractivity contribution in [1.29, 1.82) is 0 Å². The molecule has 4 nitrogen and oxygen atoms in total. The van der Waals surface area contributed by atoms with E-state index in [4.69, 9.17) is 9.47 Å². The molecule has 0 radical (unpaired) electrons. The number of carbonyl (C=O) groups excluding carboxylic acids is 1. The molecule has 0 atom stereocenters. The van der Waals surface area contributed by atoms with E-state index in [-0.39, 0.29) is 5.91 Å². The van der Waals surface area contributed by atoms with Gasteiger partial charge in [0.15, 0.2) is 0 Å². The van der Waals surface area contributed by atoms with Gasteiger partial charge in [0.2, 0.25) is 0 Å². The zero-order chi connectivity index (χ0) is 15.9. The summed E-state index contributed by atoms with van der Waals surface area (Å²) in [6, 6.07) is 12.9. The molecular formula is C17H18BrNO3. The minimum atomic E-state index is -0.179. The summed E-state index contributed by atoms with van der Waals surface area (Å²) in [6.07, 6.45) is 0. The van der Waals surface area contributed by atoms with E-state index in [0.717, 1.165) is 10.0 Å². The second-order valence-electron chi connectivity index (χ2n) is 4.81. The van der Waals surface area contributed by atoms with Gasteiger partial charge in [-0.2, -0.15) is 0 Å². The molecule has 0 saturated carbocycles. The second kappa shape index (κ2) is 7.96. The Morgan fingerprint density at radius 1 is 1.18 bits per heavy atom. The molecule has 0 saturated heterocycles. The highest BCUT2D eigenvalue weighted by Gasteiger charge is 2.10. The molecular weight excluding hydrogens is 346 g/mol. The van der Waals surface area contributed by atoms with E-state index >= 15 is 0 Å². The summed E-state index contributed by atoms with van der Waals surface area (Å²) in [7, 11) is 1.62. The lowest BCUT2D eigenvalue weighted by atomic mass is 10.2. The monoisotopic (exact) mass is 363 g/mol. The van der Waals surface area contributed by atoms with Crippen LogP contribution in [0.1, 0.15) is 15.9 Å². The molecule has 0 aliphatic rings. The maximum Gasteiger partial charge on any atom is 0.255 e. The van der Waals surface area contributed by atoms with Gasteiger partial charge in [-0.3, -0.25) is 4.79 Å². The Labute approximate surface area is 138 Å². The molecule has 0 aromatic heterocycles. The summed E-state index contributed by atoms with van der Waals surface area (Å²) in [6.45, 7) is 2.90. The predicted octanol–water partition coefficient (Wildman–Crippen LogP) is 4.04. The molecule has 2 aromatic carbocycles. The third-order valence-electron chi connectivity index (χ3n) is 3.02. The lowest BCUT2D eigenvalue weighted by Gasteiger charge is -2.13. The van der Waals surface area contributed by atoms with E-state index in [1.54, 1.807) is 19.2 Å². The molecule has 22 heavy (non-hydrogen) atoms. The van der Waals surface area contributed by atoms with Gasteiger partial charge in [-0.05, 0) is 42.8 Å². The summed E-state index contributed by atoms with van der Waals surface area (Å²) in [5.74, 6) is 0.460. The fourth-order valence-electron chi connectivity index (χ4n) is 1.91. The second-order valence-corrected chi connectivity index (χ2v) is 5.72. The minimum Gasteiger partial charge on any atom is -0.489 e. The van der Waals surface area contributed by atoms with Crippen molar-refractivity contribution in [2.75, 3.05) is 25.6 Å². The van der Waals surface area contributed by atoms with Crippen LogP contribution in [0.3, 0.4) is 0 Å². The average molecular weight is 364 g/mol. The van der Waals surface area contributed by atoms with Gasteiger partial charge in [-0.25, -0.2) is 0 Å². The highest BCUT2D eigenvalue weighted by atomic mass is 79.9. The fraction of sp³-hybridized carbons (Fsp3) is 0.235. The minimum absolute atomic E-state index is 0.179. The third kappa shape index (κ3) is 4.58. The van der Waals surface area contributed by atoms with Gasteiger partial charge in [-0.15, -0.1) is 0 Å². The van der Waals surface area contributed by atoms with Gasteiger partial charge < -0.3 is 14.8 Å². The zero-order valence-electron chi connectivity index (χ0n) is 12.6. The van der Waals surface area contributed by atoms with Crippen LogP contribution in [0.25, 0.3) is 0 Å². The summed E-state index contributed by atoms with van der Waals surface area (Å²) in [4.78, 5) is 12.3. The SMILES string of the molecule is COCCOc1cc(C)ccc1NC(=O)c1cccc(Br)c1. The molecule has 1 amide bonds. The van der Waals surface area contributed by atoms with Gasteiger partial charge in [0.05, 0.1) is 12.3 Å². The van der Waals surface area contributed by atoms with E-state index < -0.39 is 0 Å². The van der Waals surface area contributed by atoms with Crippen LogP contribution < -0.4 is 10.1 Å². The Hall–Kier alpha value is -1.85. The molecule has 1 N–H and O–H groups in total. The number of methoxy groups -OCH3 is 1. The number of anilines is 1. The standard InChI is InChI=1S/C17H18BrNO3/c1-12-6-7-15(16(10-12)22-9-8-21-2)19-17(20)13-4-3-5-14(18)11-13/h3-7,10-11H,8-9H2,1-2H3,(H,19,20). The molecule has 2 aromatic rings. The Bertz CT molecular complexity index is 658. The lowest BCUT2D eigenvalue weighted by Crippen LogP contribution is -2.14. The number of halogens is 1. The quantitative estimate of drug-likeness (QED) is 0.788. The Morgan fingerprint density at radius 2 is 2.00 bits per heavy atom. The van der Waals surface area contributed by atoms with E-state index in [1.165, 1.54) is 0 Å². The molecule has 2 rings (SSSR count). The lowest BCUT2D eigenvalue weighted by molar-refractivity contribution is 0.102. The number of benzene rings is 2. The van der Waals surface area contributed by atoms with Crippen molar-refractivity contribution in [3.8, 4) is 5.75 Å². The molecule has 0 fully saturated rings. The molecule has 0 heterocycles. The Kier molecular flexibility index (Phi) is 5.98. The van der Waals surface area contributed by atoms with E-state index in [9.17, 15) is 4.79 Å². The van der Waals surface area contributed by atoms with Crippen LogP contribution >= 0.6 is 15.9 Å². The number of rotatable bonds is 6. The predicted molar refractivity (Wildman–Crippen MR) is 90.6 cm³/mol. The first-order valence-corrected chi connectivity index (χ1v) is 7.69. The van der Waals surface area contributed by atoms with Crippen molar-refractivity contribution >= 4 is 27.5 Å². The van der Waals surface area contributed by atoms with Crippen molar-refractivity contribution < 1.29 is 14.3 Å². The third-order valence-corrected chi connectivity index (χ3v) is 3.51. The number of aryl methyl sites for hydroxylation is 1. The first-order valence-electron chi connectivity index (χ1n) is 6.89. The smallest absolute Gasteiger partial charge is 0.255 e. The van der Waals surface area contributed by atoms with Crippen molar-refractivity contribution in [2.24, 2.45) is 0 Å². The van der Waals surface area contributed by atoms with Gasteiger partial charge >= 0.3 is 0 Å². The van der Waals surface area contributed by atoms with Crippen molar-refractivity contribution in [1.82, 2.24) is 0 Å². The maximum absolute atomic E-state index is 12.3. The molecule has 116 valence electrons. The first-order chi connectivity index (χ1) is 10.6. The van der Waals surface area contributed by atoms with Crippen LogP contribution in [0.15, 0.2) is 46.9 Å². The fourth-order valence-corrected chi connectivity index (χ4v) is 2.31. The number of ether oxygens (including phenoxy) is 2. The van der Waals surface area contributed by atoms with E-state index in [1.807, 2.05) is 37.3 Å². The summed E-state index contributed by atoms with van der Waals surface area (Å²) in [5, 5.41) is 2.88. The highest BCUT2D eigenvalue weighted by molar-refractivity contribution is 9.10. The maximum atomic E-state index is 12.3. The van der Waals surface area contributed by atoms with Crippen LogP contribution in [0.2, 0.25) is 0 Å². The van der Waals surface area contributed by atoms with Crippen molar-refractivity contribution in [2.45, 2.75) is 6.92 Å². The highest BCUT2D eigenvalue weighted by Crippen LogP contribution is 2.26. The van der Waals surface area contributed by atoms with Crippen LogP contribution in [0.5, 0.6) is 5.75 Å². The molecule has 0 aliphatic carbocycles. The number of hydrogen-bond acceptors (Lipinski definition) is 3. The Balaban J connectivity index is 2.16.